The van der Waals surface area contributed by atoms with Crippen LogP contribution in [0.15, 0.2) is 36.4 Å². The second kappa shape index (κ2) is 9.49. The fourth-order valence-corrected chi connectivity index (χ4v) is 4.00. The van der Waals surface area contributed by atoms with E-state index in [2.05, 4.69) is 5.32 Å². The van der Waals surface area contributed by atoms with E-state index in [9.17, 15) is 13.2 Å². The van der Waals surface area contributed by atoms with Crippen molar-refractivity contribution in [3.8, 4) is 5.75 Å². The average molecular weight is 445 g/mol. The van der Waals surface area contributed by atoms with Crippen molar-refractivity contribution < 1.29 is 17.9 Å². The van der Waals surface area contributed by atoms with E-state index in [1.807, 2.05) is 32.0 Å². The number of hydrogen-bond acceptors (Lipinski definition) is 4. The molecule has 0 aliphatic carbocycles. The van der Waals surface area contributed by atoms with Crippen LogP contribution in [0, 0.1) is 13.8 Å². The molecule has 0 unspecified atom stereocenters. The van der Waals surface area contributed by atoms with Crippen LogP contribution in [0.5, 0.6) is 5.75 Å². The summed E-state index contributed by atoms with van der Waals surface area (Å²) in [5, 5.41) is 3.20. The Balaban J connectivity index is 1.95. The minimum atomic E-state index is -3.71. The van der Waals surface area contributed by atoms with Crippen LogP contribution in [-0.4, -0.2) is 40.3 Å². The Bertz CT molecular complexity index is 924. The Morgan fingerprint density at radius 2 is 1.61 bits per heavy atom. The first-order valence-corrected chi connectivity index (χ1v) is 11.1. The Labute approximate surface area is 175 Å². The lowest BCUT2D eigenvalue weighted by molar-refractivity contribution is -0.119. The fraction of sp³-hybridized carbons (Fsp3) is 0.316. The maximum atomic E-state index is 12.2. The van der Waals surface area contributed by atoms with Crippen molar-refractivity contribution in [2.24, 2.45) is 0 Å². The van der Waals surface area contributed by atoms with Gasteiger partial charge in [-0.15, -0.1) is 0 Å². The van der Waals surface area contributed by atoms with E-state index in [0.29, 0.717) is 0 Å². The van der Waals surface area contributed by atoms with Gasteiger partial charge in [0.15, 0.2) is 0 Å². The number of carbonyl (C=O) groups is 1. The van der Waals surface area contributed by atoms with E-state index in [1.165, 1.54) is 18.2 Å². The van der Waals surface area contributed by atoms with E-state index in [-0.39, 0.29) is 35.4 Å². The number of nitrogens with one attached hydrogen (secondary N) is 1. The standard InChI is InChI=1S/C19H22Cl2N2O4S/c1-13-6-14(2)8-18(7-13)27-5-4-22-19(24)12-23(28(3,25)26)17-10-15(20)9-16(21)11-17/h6-11H,4-5,12H2,1-3H3,(H,22,24). The van der Waals surface area contributed by atoms with Crippen molar-refractivity contribution in [1.82, 2.24) is 5.32 Å². The Morgan fingerprint density at radius 1 is 1.04 bits per heavy atom. The number of rotatable bonds is 8. The highest BCUT2D eigenvalue weighted by molar-refractivity contribution is 7.92. The van der Waals surface area contributed by atoms with Crippen LogP contribution in [0.25, 0.3) is 0 Å². The Kier molecular flexibility index (Phi) is 7.57. The van der Waals surface area contributed by atoms with E-state index in [0.717, 1.165) is 27.4 Å². The minimum absolute atomic E-state index is 0.224. The Hall–Kier alpha value is -1.96. The summed E-state index contributed by atoms with van der Waals surface area (Å²) in [6, 6.07) is 10.2. The van der Waals surface area contributed by atoms with E-state index in [4.69, 9.17) is 27.9 Å². The monoisotopic (exact) mass is 444 g/mol. The molecule has 0 atom stereocenters. The third kappa shape index (κ3) is 6.89. The molecule has 0 aliphatic rings. The summed E-state index contributed by atoms with van der Waals surface area (Å²) < 4.78 is 30.8. The lowest BCUT2D eigenvalue weighted by Gasteiger charge is -2.22. The predicted octanol–water partition coefficient (Wildman–Crippen LogP) is 3.57. The first-order valence-electron chi connectivity index (χ1n) is 8.46. The SMILES string of the molecule is Cc1cc(C)cc(OCCNC(=O)CN(c2cc(Cl)cc(Cl)c2)S(C)(=O)=O)c1. The van der Waals surface area contributed by atoms with Crippen molar-refractivity contribution in [2.45, 2.75) is 13.8 Å². The van der Waals surface area contributed by atoms with Crippen LogP contribution in [0.4, 0.5) is 5.69 Å². The van der Waals surface area contributed by atoms with Crippen LogP contribution >= 0.6 is 23.2 Å². The molecule has 28 heavy (non-hydrogen) atoms. The van der Waals surface area contributed by atoms with E-state index in [1.54, 1.807) is 0 Å². The first kappa shape index (κ1) is 22.3. The van der Waals surface area contributed by atoms with Crippen LogP contribution in [0.2, 0.25) is 10.0 Å². The maximum absolute atomic E-state index is 12.2. The number of nitrogens with zero attached hydrogens (tertiary/aromatic N) is 1. The highest BCUT2D eigenvalue weighted by atomic mass is 35.5. The molecule has 2 aromatic rings. The molecule has 152 valence electrons. The molecular weight excluding hydrogens is 423 g/mol. The highest BCUT2D eigenvalue weighted by Gasteiger charge is 2.21. The van der Waals surface area contributed by atoms with Gasteiger partial charge in [-0.25, -0.2) is 8.42 Å². The van der Waals surface area contributed by atoms with Crippen molar-refractivity contribution in [2.75, 3.05) is 30.3 Å². The molecule has 0 bridgehead atoms. The topological polar surface area (TPSA) is 75.7 Å². The Morgan fingerprint density at radius 3 is 2.14 bits per heavy atom. The average Bonchev–Trinajstić information content (AvgIpc) is 2.53. The summed E-state index contributed by atoms with van der Waals surface area (Å²) >= 11 is 11.9. The molecule has 0 aliphatic heterocycles. The summed E-state index contributed by atoms with van der Waals surface area (Å²) in [5.74, 6) is 0.253. The first-order chi connectivity index (χ1) is 13.0. The fourth-order valence-electron chi connectivity index (χ4n) is 2.65. The summed E-state index contributed by atoms with van der Waals surface area (Å²) in [5.41, 5.74) is 2.40. The zero-order chi connectivity index (χ0) is 20.9. The quantitative estimate of drug-likeness (QED) is 0.631. The summed E-state index contributed by atoms with van der Waals surface area (Å²) in [6.07, 6.45) is 1.01. The van der Waals surface area contributed by atoms with Gasteiger partial charge in [-0.3, -0.25) is 9.10 Å². The van der Waals surface area contributed by atoms with Gasteiger partial charge in [0.1, 0.15) is 18.9 Å². The lowest BCUT2D eigenvalue weighted by Crippen LogP contribution is -2.41. The number of anilines is 1. The number of halogens is 2. The highest BCUT2D eigenvalue weighted by Crippen LogP contribution is 2.26. The number of hydrogen-bond donors (Lipinski definition) is 1. The molecule has 1 amide bonds. The van der Waals surface area contributed by atoms with Crippen LogP contribution in [-0.2, 0) is 14.8 Å². The zero-order valence-electron chi connectivity index (χ0n) is 15.8. The third-order valence-corrected chi connectivity index (χ3v) is 5.29. The van der Waals surface area contributed by atoms with Crippen LogP contribution < -0.4 is 14.4 Å². The molecule has 6 nitrogen and oxygen atoms in total. The molecule has 0 heterocycles. The van der Waals surface area contributed by atoms with Crippen molar-refractivity contribution in [1.29, 1.82) is 0 Å². The van der Waals surface area contributed by atoms with Gasteiger partial charge < -0.3 is 10.1 Å². The van der Waals surface area contributed by atoms with Gasteiger partial charge in [-0.1, -0.05) is 29.3 Å². The molecule has 0 saturated carbocycles. The largest absolute Gasteiger partial charge is 0.492 e. The van der Waals surface area contributed by atoms with Gasteiger partial charge in [0.2, 0.25) is 15.9 Å². The van der Waals surface area contributed by atoms with Gasteiger partial charge >= 0.3 is 0 Å². The predicted molar refractivity (Wildman–Crippen MR) is 113 cm³/mol. The number of carbonyl (C=O) groups excluding carboxylic acids is 1. The minimum Gasteiger partial charge on any atom is -0.492 e. The van der Waals surface area contributed by atoms with Gasteiger partial charge in [0, 0.05) is 10.0 Å². The normalized spacial score (nSPS) is 11.2. The second-order valence-electron chi connectivity index (χ2n) is 6.42. The van der Waals surface area contributed by atoms with Crippen molar-refractivity contribution >= 4 is 44.8 Å². The molecule has 0 fully saturated rings. The molecule has 0 aromatic heterocycles. The number of sulfonamides is 1. The molecule has 9 heteroatoms. The van der Waals surface area contributed by atoms with E-state index >= 15 is 0 Å². The van der Waals surface area contributed by atoms with Crippen molar-refractivity contribution in [3.63, 3.8) is 0 Å². The number of ether oxygens (including phenoxy) is 1. The number of amides is 1. The summed E-state index contributed by atoms with van der Waals surface area (Å²) in [6.45, 7) is 4.06. The van der Waals surface area contributed by atoms with Gasteiger partial charge in [-0.2, -0.15) is 0 Å². The summed E-state index contributed by atoms with van der Waals surface area (Å²) in [7, 11) is -3.71. The summed E-state index contributed by atoms with van der Waals surface area (Å²) in [4.78, 5) is 12.2. The molecule has 1 N–H and O–H groups in total. The van der Waals surface area contributed by atoms with Gasteiger partial charge in [0.25, 0.3) is 0 Å². The van der Waals surface area contributed by atoms with Gasteiger partial charge in [0.05, 0.1) is 18.5 Å². The molecular formula is C19H22Cl2N2O4S. The second-order valence-corrected chi connectivity index (χ2v) is 9.20. The molecule has 0 radical (unpaired) electrons. The van der Waals surface area contributed by atoms with Gasteiger partial charge in [-0.05, 0) is 55.3 Å². The number of aryl methyl sites for hydroxylation is 2. The third-order valence-electron chi connectivity index (χ3n) is 3.71. The number of benzene rings is 2. The molecule has 0 spiro atoms. The smallest absolute Gasteiger partial charge is 0.240 e. The maximum Gasteiger partial charge on any atom is 0.240 e. The zero-order valence-corrected chi connectivity index (χ0v) is 18.2. The van der Waals surface area contributed by atoms with Crippen molar-refractivity contribution in [3.05, 3.63) is 57.6 Å². The molecule has 2 rings (SSSR count). The molecule has 2 aromatic carbocycles. The van der Waals surface area contributed by atoms with Crippen LogP contribution in [0.1, 0.15) is 11.1 Å². The van der Waals surface area contributed by atoms with Crippen LogP contribution in [0.3, 0.4) is 0 Å². The lowest BCUT2D eigenvalue weighted by atomic mass is 10.1. The van der Waals surface area contributed by atoms with E-state index < -0.39 is 15.9 Å². The molecule has 0 saturated heterocycles.